The van der Waals surface area contributed by atoms with Crippen molar-refractivity contribution in [2.45, 2.75) is 32.1 Å². The molecule has 0 aromatic heterocycles. The predicted octanol–water partition coefficient (Wildman–Crippen LogP) is 5.22. The van der Waals surface area contributed by atoms with E-state index in [1.807, 2.05) is 6.07 Å². The lowest BCUT2D eigenvalue weighted by molar-refractivity contribution is 0.372. The van der Waals surface area contributed by atoms with E-state index in [9.17, 15) is 4.39 Å². The van der Waals surface area contributed by atoms with Gasteiger partial charge in [0.05, 0.1) is 5.02 Å². The van der Waals surface area contributed by atoms with Crippen molar-refractivity contribution in [3.63, 3.8) is 0 Å². The quantitative estimate of drug-likeness (QED) is 0.667. The molecule has 0 heterocycles. The molecule has 0 N–H and O–H groups in total. The number of hydrogen-bond acceptors (Lipinski definition) is 0. The molecule has 2 rings (SSSR count). The van der Waals surface area contributed by atoms with Crippen LogP contribution in [0.1, 0.15) is 31.2 Å². The second kappa shape index (κ2) is 6.19. The topological polar surface area (TPSA) is 0 Å². The summed E-state index contributed by atoms with van der Waals surface area (Å²) in [5.41, 5.74) is 0.947. The largest absolute Gasteiger partial charge is 0.205 e. The lowest BCUT2D eigenvalue weighted by atomic mass is 9.87. The minimum Gasteiger partial charge on any atom is -0.205 e. The number of rotatable bonds is 4. The number of hydrogen-bond donors (Lipinski definition) is 0. The highest BCUT2D eigenvalue weighted by molar-refractivity contribution is 9.09. The molecule has 0 nitrogen and oxygen atoms in total. The van der Waals surface area contributed by atoms with Crippen molar-refractivity contribution < 1.29 is 4.39 Å². The second-order valence-corrected chi connectivity index (χ2v) is 5.90. The fourth-order valence-corrected chi connectivity index (χ4v) is 3.73. The highest BCUT2D eigenvalue weighted by Crippen LogP contribution is 2.35. The van der Waals surface area contributed by atoms with E-state index in [-0.39, 0.29) is 5.82 Å². The molecule has 1 fully saturated rings. The van der Waals surface area contributed by atoms with Crippen LogP contribution < -0.4 is 0 Å². The van der Waals surface area contributed by atoms with Crippen molar-refractivity contribution in [2.75, 3.05) is 5.33 Å². The van der Waals surface area contributed by atoms with Crippen LogP contribution in [-0.4, -0.2) is 5.33 Å². The molecule has 1 atom stereocenters. The smallest absolute Gasteiger partial charge is 0.142 e. The predicted molar refractivity (Wildman–Crippen MR) is 74.4 cm³/mol. The van der Waals surface area contributed by atoms with E-state index in [1.165, 1.54) is 31.7 Å². The van der Waals surface area contributed by atoms with E-state index >= 15 is 0 Å². The molecule has 0 aliphatic heterocycles. The summed E-state index contributed by atoms with van der Waals surface area (Å²) in [6.45, 7) is 0. The number of halogens is 3. The first-order valence-corrected chi connectivity index (χ1v) is 7.71. The maximum Gasteiger partial charge on any atom is 0.142 e. The van der Waals surface area contributed by atoms with E-state index in [0.29, 0.717) is 10.9 Å². The zero-order chi connectivity index (χ0) is 12.3. The fourth-order valence-electron chi connectivity index (χ4n) is 2.76. The lowest BCUT2D eigenvalue weighted by Crippen LogP contribution is -2.16. The normalized spacial score (nSPS) is 18.5. The Hall–Kier alpha value is -0.0800. The van der Waals surface area contributed by atoms with Gasteiger partial charge < -0.3 is 0 Å². The van der Waals surface area contributed by atoms with Crippen LogP contribution in [0, 0.1) is 17.7 Å². The van der Waals surface area contributed by atoms with Crippen molar-refractivity contribution in [1.29, 1.82) is 0 Å². The van der Waals surface area contributed by atoms with Gasteiger partial charge in [-0.1, -0.05) is 65.3 Å². The van der Waals surface area contributed by atoms with Crippen LogP contribution in [0.2, 0.25) is 5.02 Å². The fraction of sp³-hybridized carbons (Fsp3) is 0.571. The Bertz CT molecular complexity index is 374. The van der Waals surface area contributed by atoms with Gasteiger partial charge in [-0.25, -0.2) is 4.39 Å². The van der Waals surface area contributed by atoms with Gasteiger partial charge in [-0.2, -0.15) is 0 Å². The van der Waals surface area contributed by atoms with Gasteiger partial charge in [-0.15, -0.1) is 0 Å². The third-order valence-electron chi connectivity index (χ3n) is 3.78. The second-order valence-electron chi connectivity index (χ2n) is 4.88. The van der Waals surface area contributed by atoms with E-state index in [1.54, 1.807) is 6.07 Å². The summed E-state index contributed by atoms with van der Waals surface area (Å²) < 4.78 is 13.4. The van der Waals surface area contributed by atoms with Crippen LogP contribution in [0.5, 0.6) is 0 Å². The Kier molecular flexibility index (Phi) is 4.87. The van der Waals surface area contributed by atoms with Gasteiger partial charge in [0.2, 0.25) is 0 Å². The van der Waals surface area contributed by atoms with Crippen LogP contribution in [-0.2, 0) is 6.42 Å². The molecule has 0 bridgehead atoms. The molecule has 1 aromatic carbocycles. The summed E-state index contributed by atoms with van der Waals surface area (Å²) >= 11 is 9.60. The molecule has 0 saturated heterocycles. The molecule has 3 heteroatoms. The van der Waals surface area contributed by atoms with E-state index in [2.05, 4.69) is 15.9 Å². The Morgan fingerprint density at radius 1 is 1.35 bits per heavy atom. The Morgan fingerprint density at radius 3 is 2.71 bits per heavy atom. The van der Waals surface area contributed by atoms with Crippen LogP contribution >= 0.6 is 27.5 Å². The Balaban J connectivity index is 2.09. The van der Waals surface area contributed by atoms with Gasteiger partial charge in [0.1, 0.15) is 5.82 Å². The maximum absolute atomic E-state index is 13.4. The average molecular weight is 320 g/mol. The van der Waals surface area contributed by atoms with Gasteiger partial charge in [0, 0.05) is 5.33 Å². The molecule has 1 aromatic rings. The summed E-state index contributed by atoms with van der Waals surface area (Å²) in [5, 5.41) is 1.28. The van der Waals surface area contributed by atoms with E-state index in [4.69, 9.17) is 11.6 Å². The highest BCUT2D eigenvalue weighted by Gasteiger charge is 2.25. The molecule has 1 aliphatic rings. The van der Waals surface area contributed by atoms with Crippen molar-refractivity contribution >= 4 is 27.5 Å². The molecule has 0 spiro atoms. The monoisotopic (exact) mass is 318 g/mol. The van der Waals surface area contributed by atoms with Crippen LogP contribution in [0.3, 0.4) is 0 Å². The molecule has 17 heavy (non-hydrogen) atoms. The van der Waals surface area contributed by atoms with Gasteiger partial charge >= 0.3 is 0 Å². The summed E-state index contributed by atoms with van der Waals surface area (Å²) in [5.74, 6) is 1.05. The molecule has 1 unspecified atom stereocenters. The van der Waals surface area contributed by atoms with Crippen molar-refractivity contribution in [3.05, 3.63) is 34.6 Å². The van der Waals surface area contributed by atoms with Crippen molar-refractivity contribution in [3.8, 4) is 0 Å². The first kappa shape index (κ1) is 13.4. The summed E-state index contributed by atoms with van der Waals surface area (Å²) in [4.78, 5) is 0. The zero-order valence-corrected chi connectivity index (χ0v) is 12.1. The Labute approximate surface area is 116 Å². The van der Waals surface area contributed by atoms with Crippen molar-refractivity contribution in [1.82, 2.24) is 0 Å². The van der Waals surface area contributed by atoms with Crippen molar-refractivity contribution in [2.24, 2.45) is 11.8 Å². The van der Waals surface area contributed by atoms with Crippen LogP contribution in [0.4, 0.5) is 4.39 Å². The third-order valence-corrected chi connectivity index (χ3v) is 5.03. The lowest BCUT2D eigenvalue weighted by Gasteiger charge is -2.21. The molecular weight excluding hydrogens is 303 g/mol. The molecule has 0 radical (unpaired) electrons. The van der Waals surface area contributed by atoms with Gasteiger partial charge in [0.15, 0.2) is 0 Å². The number of benzene rings is 1. The summed E-state index contributed by atoms with van der Waals surface area (Å²) in [6, 6.07) is 5.11. The minimum absolute atomic E-state index is 0.302. The van der Waals surface area contributed by atoms with Crippen LogP contribution in [0.25, 0.3) is 0 Å². The van der Waals surface area contributed by atoms with Gasteiger partial charge in [-0.05, 0) is 29.9 Å². The first-order valence-electron chi connectivity index (χ1n) is 6.21. The number of alkyl halides is 1. The summed E-state index contributed by atoms with van der Waals surface area (Å²) in [6.07, 6.45) is 6.18. The Morgan fingerprint density at radius 2 is 2.06 bits per heavy atom. The van der Waals surface area contributed by atoms with E-state index < -0.39 is 0 Å². The molecule has 1 saturated carbocycles. The van der Waals surface area contributed by atoms with Gasteiger partial charge in [-0.3, -0.25) is 0 Å². The summed E-state index contributed by atoms with van der Waals surface area (Å²) in [7, 11) is 0. The van der Waals surface area contributed by atoms with Gasteiger partial charge in [0.25, 0.3) is 0 Å². The van der Waals surface area contributed by atoms with Crippen LogP contribution in [0.15, 0.2) is 18.2 Å². The third kappa shape index (κ3) is 3.23. The average Bonchev–Trinajstić information content (AvgIpc) is 2.85. The highest BCUT2D eigenvalue weighted by atomic mass is 79.9. The molecular formula is C14H17BrClF. The standard InChI is InChI=1S/C14H17BrClF/c15-9-12(10-4-1-2-5-10)8-11-6-3-7-13(17)14(11)16/h3,6-7,10,12H,1-2,4-5,8-9H2. The molecule has 1 aliphatic carbocycles. The van der Waals surface area contributed by atoms with E-state index in [0.717, 1.165) is 23.2 Å². The SMILES string of the molecule is Fc1cccc(CC(CBr)C2CCCC2)c1Cl. The zero-order valence-electron chi connectivity index (χ0n) is 9.76. The molecule has 94 valence electrons. The molecule has 0 amide bonds. The minimum atomic E-state index is -0.302. The maximum atomic E-state index is 13.4. The first-order chi connectivity index (χ1) is 8.22.